The number of hydrogen-bond donors (Lipinski definition) is 3. The zero-order valence-electron chi connectivity index (χ0n) is 10.4. The third-order valence-corrected chi connectivity index (χ3v) is 1.74. The second kappa shape index (κ2) is 7.39. The summed E-state index contributed by atoms with van der Waals surface area (Å²) >= 11 is 0. The van der Waals surface area contributed by atoms with Gasteiger partial charge in [0.05, 0.1) is 6.54 Å². The molecule has 102 valence electrons. The Balaban J connectivity index is 3.86. The van der Waals surface area contributed by atoms with Crippen LogP contribution >= 0.6 is 0 Å². The molecular weight excluding hydrogens is 232 g/mol. The van der Waals surface area contributed by atoms with Crippen LogP contribution in [0.15, 0.2) is 0 Å². The van der Waals surface area contributed by atoms with Crippen LogP contribution in [0.5, 0.6) is 0 Å². The van der Waals surface area contributed by atoms with Gasteiger partial charge in [0.25, 0.3) is 6.43 Å². The Morgan fingerprint density at radius 1 is 1.35 bits per heavy atom. The minimum absolute atomic E-state index is 0.151. The first-order chi connectivity index (χ1) is 7.74. The molecule has 0 rings (SSSR count). The molecule has 0 bridgehead atoms. The average molecular weight is 253 g/mol. The molecule has 0 saturated carbocycles. The van der Waals surface area contributed by atoms with Crippen molar-refractivity contribution in [2.45, 2.75) is 38.8 Å². The highest BCUT2D eigenvalue weighted by Gasteiger charge is 2.17. The molecule has 0 aliphatic carbocycles. The summed E-state index contributed by atoms with van der Waals surface area (Å²) < 4.78 is 28.9. The topological polar surface area (TPSA) is 76.4 Å². The van der Waals surface area contributed by atoms with Crippen molar-refractivity contribution in [1.29, 1.82) is 0 Å². The lowest BCUT2D eigenvalue weighted by molar-refractivity contribution is 0.0522. The highest BCUT2D eigenvalue weighted by Crippen LogP contribution is 2.06. The smallest absolute Gasteiger partial charge is 0.407 e. The minimum Gasteiger partial charge on any atom is -0.444 e. The van der Waals surface area contributed by atoms with E-state index in [2.05, 4.69) is 10.6 Å². The van der Waals surface area contributed by atoms with Gasteiger partial charge in [0.1, 0.15) is 5.60 Å². The molecule has 0 radical (unpaired) electrons. The van der Waals surface area contributed by atoms with Gasteiger partial charge in [-0.25, -0.2) is 13.6 Å². The lowest BCUT2D eigenvalue weighted by Gasteiger charge is -2.22. The largest absolute Gasteiger partial charge is 0.444 e. The van der Waals surface area contributed by atoms with Crippen LogP contribution < -0.4 is 16.4 Å². The summed E-state index contributed by atoms with van der Waals surface area (Å²) in [4.78, 5) is 11.3. The lowest BCUT2D eigenvalue weighted by Crippen LogP contribution is -2.47. The van der Waals surface area contributed by atoms with E-state index in [1.807, 2.05) is 0 Å². The van der Waals surface area contributed by atoms with Gasteiger partial charge in [0.2, 0.25) is 0 Å². The number of hydrogen-bond acceptors (Lipinski definition) is 4. The average Bonchev–Trinajstić information content (AvgIpc) is 2.14. The van der Waals surface area contributed by atoms with E-state index in [-0.39, 0.29) is 13.1 Å². The van der Waals surface area contributed by atoms with Gasteiger partial charge in [-0.1, -0.05) is 0 Å². The van der Waals surface area contributed by atoms with Crippen LogP contribution in [-0.2, 0) is 4.74 Å². The molecule has 5 nitrogen and oxygen atoms in total. The van der Waals surface area contributed by atoms with Crippen LogP contribution in [0.3, 0.4) is 0 Å². The van der Waals surface area contributed by atoms with Gasteiger partial charge in [-0.05, 0) is 20.8 Å². The van der Waals surface area contributed by atoms with Crippen molar-refractivity contribution in [3.63, 3.8) is 0 Å². The Kier molecular flexibility index (Phi) is 6.98. The van der Waals surface area contributed by atoms with Crippen LogP contribution in [-0.4, -0.2) is 43.8 Å². The number of halogens is 2. The second-order valence-electron chi connectivity index (χ2n) is 4.61. The molecule has 0 saturated heterocycles. The molecule has 17 heavy (non-hydrogen) atoms. The van der Waals surface area contributed by atoms with Crippen molar-refractivity contribution in [2.24, 2.45) is 5.73 Å². The van der Waals surface area contributed by atoms with Crippen LogP contribution in [0.4, 0.5) is 13.6 Å². The van der Waals surface area contributed by atoms with E-state index in [0.717, 1.165) is 0 Å². The van der Waals surface area contributed by atoms with Gasteiger partial charge in [0.15, 0.2) is 0 Å². The number of amides is 1. The molecule has 0 aromatic rings. The Bertz CT molecular complexity index is 232. The number of carbonyl (C=O) groups excluding carboxylic acids is 1. The molecule has 1 atom stereocenters. The minimum atomic E-state index is -2.44. The fourth-order valence-corrected chi connectivity index (χ4v) is 1.02. The maximum atomic E-state index is 11.9. The van der Waals surface area contributed by atoms with Gasteiger partial charge in [-0.3, -0.25) is 0 Å². The van der Waals surface area contributed by atoms with Gasteiger partial charge >= 0.3 is 6.09 Å². The number of ether oxygens (including phenoxy) is 1. The maximum Gasteiger partial charge on any atom is 0.407 e. The van der Waals surface area contributed by atoms with E-state index in [1.165, 1.54) is 0 Å². The van der Waals surface area contributed by atoms with E-state index >= 15 is 0 Å². The summed E-state index contributed by atoms with van der Waals surface area (Å²) in [6.45, 7) is 5.07. The van der Waals surface area contributed by atoms with E-state index in [4.69, 9.17) is 10.5 Å². The number of alkyl carbamates (subject to hydrolysis) is 1. The van der Waals surface area contributed by atoms with Crippen molar-refractivity contribution in [3.05, 3.63) is 0 Å². The number of rotatable bonds is 6. The Labute approximate surface area is 100 Å². The molecule has 7 heteroatoms. The summed E-state index contributed by atoms with van der Waals surface area (Å²) in [6, 6.07) is -0.392. The summed E-state index contributed by atoms with van der Waals surface area (Å²) in [5, 5.41) is 5.01. The van der Waals surface area contributed by atoms with Gasteiger partial charge in [-0.15, -0.1) is 0 Å². The van der Waals surface area contributed by atoms with E-state index in [9.17, 15) is 13.6 Å². The zero-order chi connectivity index (χ0) is 13.5. The zero-order valence-corrected chi connectivity index (χ0v) is 10.4. The molecule has 0 fully saturated rings. The molecule has 1 unspecified atom stereocenters. The summed E-state index contributed by atoms with van der Waals surface area (Å²) in [6.07, 6.45) is -3.03. The number of alkyl halides is 2. The van der Waals surface area contributed by atoms with E-state index < -0.39 is 30.7 Å². The second-order valence-corrected chi connectivity index (χ2v) is 4.61. The molecule has 0 aliphatic heterocycles. The molecular formula is C10H21F2N3O2. The first kappa shape index (κ1) is 16.1. The lowest BCUT2D eigenvalue weighted by atomic mass is 10.2. The Morgan fingerprint density at radius 3 is 2.35 bits per heavy atom. The van der Waals surface area contributed by atoms with Crippen LogP contribution in [0, 0.1) is 0 Å². The van der Waals surface area contributed by atoms with Crippen molar-refractivity contribution in [2.75, 3.05) is 19.6 Å². The highest BCUT2D eigenvalue weighted by molar-refractivity contribution is 5.67. The molecule has 0 heterocycles. The van der Waals surface area contributed by atoms with Gasteiger partial charge < -0.3 is 21.1 Å². The van der Waals surface area contributed by atoms with Crippen molar-refractivity contribution in [1.82, 2.24) is 10.6 Å². The standard InChI is InChI=1S/C10H21F2N3O2/c1-10(2,3)17-9(16)15-5-7(4-13)14-6-8(11)12/h7-8,14H,4-6,13H2,1-3H3,(H,15,16). The molecule has 4 N–H and O–H groups in total. The first-order valence-electron chi connectivity index (χ1n) is 5.43. The monoisotopic (exact) mass is 253 g/mol. The Hall–Kier alpha value is -0.950. The molecule has 0 aliphatic rings. The summed E-state index contributed by atoms with van der Waals surface area (Å²) in [5.41, 5.74) is 4.79. The summed E-state index contributed by atoms with van der Waals surface area (Å²) in [5.74, 6) is 0. The SMILES string of the molecule is CC(C)(C)OC(=O)NCC(CN)NCC(F)F. The van der Waals surface area contributed by atoms with Crippen LogP contribution in [0.1, 0.15) is 20.8 Å². The molecule has 0 aromatic carbocycles. The number of nitrogens with one attached hydrogen (secondary N) is 2. The fourth-order valence-electron chi connectivity index (χ4n) is 1.02. The maximum absolute atomic E-state index is 11.9. The van der Waals surface area contributed by atoms with Crippen molar-refractivity contribution >= 4 is 6.09 Å². The molecule has 0 spiro atoms. The fraction of sp³-hybridized carbons (Fsp3) is 0.900. The van der Waals surface area contributed by atoms with Crippen molar-refractivity contribution < 1.29 is 18.3 Å². The molecule has 1 amide bonds. The number of nitrogens with two attached hydrogens (primary N) is 1. The normalized spacial score (nSPS) is 13.6. The Morgan fingerprint density at radius 2 is 1.94 bits per heavy atom. The number of carbonyl (C=O) groups is 1. The van der Waals surface area contributed by atoms with Crippen LogP contribution in [0.25, 0.3) is 0 Å². The summed E-state index contributed by atoms with van der Waals surface area (Å²) in [7, 11) is 0. The third-order valence-electron chi connectivity index (χ3n) is 1.74. The predicted octanol–water partition coefficient (Wildman–Crippen LogP) is 0.693. The third kappa shape index (κ3) is 9.95. The predicted molar refractivity (Wildman–Crippen MR) is 61.1 cm³/mol. The van der Waals surface area contributed by atoms with E-state index in [0.29, 0.717) is 0 Å². The van der Waals surface area contributed by atoms with Crippen molar-refractivity contribution in [3.8, 4) is 0 Å². The van der Waals surface area contributed by atoms with Gasteiger partial charge in [-0.2, -0.15) is 0 Å². The van der Waals surface area contributed by atoms with E-state index in [1.54, 1.807) is 20.8 Å². The van der Waals surface area contributed by atoms with Crippen LogP contribution in [0.2, 0.25) is 0 Å². The highest BCUT2D eigenvalue weighted by atomic mass is 19.3. The first-order valence-corrected chi connectivity index (χ1v) is 5.43. The quantitative estimate of drug-likeness (QED) is 0.651. The molecule has 0 aromatic heterocycles. The van der Waals surface area contributed by atoms with Gasteiger partial charge in [0, 0.05) is 19.1 Å².